The van der Waals surface area contributed by atoms with Crippen LogP contribution in [0.5, 0.6) is 0 Å². The minimum absolute atomic E-state index is 0.350. The van der Waals surface area contributed by atoms with Crippen LogP contribution in [-0.2, 0) is 0 Å². The molecule has 4 aromatic rings. The third kappa shape index (κ3) is 4.21. The lowest BCUT2D eigenvalue weighted by Crippen LogP contribution is -2.17. The van der Waals surface area contributed by atoms with Gasteiger partial charge in [0, 0.05) is 10.6 Å². The van der Waals surface area contributed by atoms with Crippen LogP contribution < -0.4 is 5.43 Å². The van der Waals surface area contributed by atoms with E-state index in [9.17, 15) is 4.79 Å². The van der Waals surface area contributed by atoms with Gasteiger partial charge in [0.25, 0.3) is 5.91 Å². The van der Waals surface area contributed by atoms with Gasteiger partial charge in [0.15, 0.2) is 10.2 Å². The highest BCUT2D eigenvalue weighted by atomic mass is 35.5. The number of aromatic amines is 1. The van der Waals surface area contributed by atoms with Gasteiger partial charge in [-0.25, -0.2) is 10.4 Å². The fourth-order valence-electron chi connectivity index (χ4n) is 2.38. The van der Waals surface area contributed by atoms with Crippen molar-refractivity contribution in [3.8, 4) is 0 Å². The predicted molar refractivity (Wildman–Crippen MR) is 105 cm³/mol. The van der Waals surface area contributed by atoms with Crippen LogP contribution in [-0.4, -0.2) is 22.1 Å². The van der Waals surface area contributed by atoms with Crippen molar-refractivity contribution in [3.63, 3.8) is 0 Å². The Morgan fingerprint density at radius 2 is 2.07 bits per heavy atom. The highest BCUT2D eigenvalue weighted by molar-refractivity contribution is 7.99. The molecule has 0 radical (unpaired) electrons. The van der Waals surface area contributed by atoms with E-state index in [1.807, 2.05) is 30.3 Å². The van der Waals surface area contributed by atoms with Crippen molar-refractivity contribution in [2.75, 3.05) is 0 Å². The van der Waals surface area contributed by atoms with Gasteiger partial charge >= 0.3 is 0 Å². The van der Waals surface area contributed by atoms with E-state index in [1.54, 1.807) is 30.3 Å². The fourth-order valence-corrected chi connectivity index (χ4v) is 3.34. The first kappa shape index (κ1) is 17.4. The van der Waals surface area contributed by atoms with Crippen molar-refractivity contribution in [3.05, 3.63) is 77.0 Å². The van der Waals surface area contributed by atoms with Crippen LogP contribution in [0.1, 0.15) is 16.1 Å². The molecule has 6 nitrogen and oxygen atoms in total. The molecule has 0 aliphatic carbocycles. The number of fused-ring (bicyclic) bond motifs is 1. The molecular weight excluding hydrogens is 384 g/mol. The molecule has 2 aromatic carbocycles. The molecule has 0 unspecified atom stereocenters. The predicted octanol–water partition coefficient (Wildman–Crippen LogP) is 4.72. The molecular formula is C19H13ClN4O2S. The summed E-state index contributed by atoms with van der Waals surface area (Å²) in [5.74, 6) is 0.164. The minimum atomic E-state index is -0.350. The second-order valence-corrected chi connectivity index (χ2v) is 6.96. The molecule has 27 heavy (non-hydrogen) atoms. The normalized spacial score (nSPS) is 11.3. The Kier molecular flexibility index (Phi) is 4.95. The number of furan rings is 1. The number of halogens is 1. The van der Waals surface area contributed by atoms with Crippen molar-refractivity contribution in [2.24, 2.45) is 5.10 Å². The summed E-state index contributed by atoms with van der Waals surface area (Å²) in [6.07, 6.45) is 1.44. The number of nitrogens with zero attached hydrogens (tertiary/aromatic N) is 2. The lowest BCUT2D eigenvalue weighted by molar-refractivity contribution is 0.0955. The van der Waals surface area contributed by atoms with Gasteiger partial charge in [0.05, 0.1) is 17.2 Å². The molecule has 2 N–H and O–H groups in total. The Morgan fingerprint density at radius 1 is 1.19 bits per heavy atom. The highest BCUT2D eigenvalue weighted by Crippen LogP contribution is 2.28. The Balaban J connectivity index is 1.39. The molecule has 0 fully saturated rings. The van der Waals surface area contributed by atoms with Gasteiger partial charge in [-0.05, 0) is 54.2 Å². The number of hydrogen-bond donors (Lipinski definition) is 2. The van der Waals surface area contributed by atoms with Gasteiger partial charge in [-0.3, -0.25) is 4.79 Å². The summed E-state index contributed by atoms with van der Waals surface area (Å²) in [5.41, 5.74) is 4.74. The quantitative estimate of drug-likeness (QED) is 0.377. The van der Waals surface area contributed by atoms with Crippen LogP contribution in [0.15, 0.2) is 80.4 Å². The maximum absolute atomic E-state index is 12.0. The monoisotopic (exact) mass is 396 g/mol. The van der Waals surface area contributed by atoms with Gasteiger partial charge < -0.3 is 9.40 Å². The highest BCUT2D eigenvalue weighted by Gasteiger charge is 2.08. The summed E-state index contributed by atoms with van der Waals surface area (Å²) in [6.45, 7) is 0. The lowest BCUT2D eigenvalue weighted by atomic mass is 10.2. The number of nitrogens with one attached hydrogen (secondary N) is 2. The third-order valence-electron chi connectivity index (χ3n) is 3.61. The molecule has 2 heterocycles. The zero-order valence-electron chi connectivity index (χ0n) is 13.8. The number of rotatable bonds is 5. The smallest absolute Gasteiger partial charge is 0.271 e. The number of H-pyrrole nitrogens is 1. The Hall–Kier alpha value is -3.03. The van der Waals surface area contributed by atoms with Crippen LogP contribution >= 0.6 is 23.4 Å². The third-order valence-corrected chi connectivity index (χ3v) is 4.65. The lowest BCUT2D eigenvalue weighted by Gasteiger charge is -1.99. The van der Waals surface area contributed by atoms with Crippen LogP contribution in [0.25, 0.3) is 11.0 Å². The zero-order valence-corrected chi connectivity index (χ0v) is 15.4. The maximum atomic E-state index is 12.0. The Morgan fingerprint density at radius 3 is 2.93 bits per heavy atom. The number of carbonyl (C=O) groups excluding carboxylic acids is 1. The van der Waals surface area contributed by atoms with E-state index in [0.29, 0.717) is 21.4 Å². The number of aromatic nitrogens is 2. The molecule has 0 saturated heterocycles. The first-order valence-corrected chi connectivity index (χ1v) is 9.18. The average Bonchev–Trinajstić information content (AvgIpc) is 3.28. The minimum Gasteiger partial charge on any atom is -0.448 e. The molecule has 4 rings (SSSR count). The Labute approximate surface area is 163 Å². The largest absolute Gasteiger partial charge is 0.448 e. The molecule has 8 heteroatoms. The molecule has 0 aliphatic rings. The number of para-hydroxylation sites is 2. The molecule has 0 spiro atoms. The molecule has 2 aromatic heterocycles. The maximum Gasteiger partial charge on any atom is 0.271 e. The van der Waals surface area contributed by atoms with E-state index < -0.39 is 0 Å². The van der Waals surface area contributed by atoms with Gasteiger partial charge in [0.2, 0.25) is 0 Å². The van der Waals surface area contributed by atoms with Crippen molar-refractivity contribution in [2.45, 2.75) is 10.2 Å². The second kappa shape index (κ2) is 7.69. The number of carbonyl (C=O) groups is 1. The Bertz CT molecular complexity index is 1100. The van der Waals surface area contributed by atoms with Gasteiger partial charge in [0.1, 0.15) is 5.76 Å². The zero-order chi connectivity index (χ0) is 18.6. The molecule has 0 saturated carbocycles. The molecule has 1 amide bonds. The summed E-state index contributed by atoms with van der Waals surface area (Å²) < 4.78 is 5.67. The van der Waals surface area contributed by atoms with Gasteiger partial charge in [-0.1, -0.05) is 29.8 Å². The first-order chi connectivity index (χ1) is 13.2. The number of imidazole rings is 1. The number of hydrazone groups is 1. The summed E-state index contributed by atoms with van der Waals surface area (Å²) in [6, 6.07) is 18.0. The number of amides is 1. The van der Waals surface area contributed by atoms with E-state index in [1.165, 1.54) is 18.0 Å². The van der Waals surface area contributed by atoms with Crippen molar-refractivity contribution in [1.29, 1.82) is 0 Å². The number of benzene rings is 2. The van der Waals surface area contributed by atoms with E-state index in [4.69, 9.17) is 16.0 Å². The van der Waals surface area contributed by atoms with Crippen LogP contribution in [0, 0.1) is 0 Å². The molecule has 0 bridgehead atoms. The topological polar surface area (TPSA) is 83.3 Å². The number of hydrogen-bond acceptors (Lipinski definition) is 5. The summed E-state index contributed by atoms with van der Waals surface area (Å²) in [5, 5.41) is 5.80. The molecule has 0 aliphatic heterocycles. The van der Waals surface area contributed by atoms with E-state index >= 15 is 0 Å². The fraction of sp³-hybridized carbons (Fsp3) is 0. The molecule has 134 valence electrons. The van der Waals surface area contributed by atoms with E-state index in [-0.39, 0.29) is 5.91 Å². The van der Waals surface area contributed by atoms with Crippen molar-refractivity contribution >= 4 is 46.5 Å². The summed E-state index contributed by atoms with van der Waals surface area (Å²) in [7, 11) is 0. The summed E-state index contributed by atoms with van der Waals surface area (Å²) >= 11 is 7.25. The van der Waals surface area contributed by atoms with E-state index in [0.717, 1.165) is 16.2 Å². The van der Waals surface area contributed by atoms with Gasteiger partial charge in [-0.2, -0.15) is 5.10 Å². The van der Waals surface area contributed by atoms with Crippen LogP contribution in [0.2, 0.25) is 5.02 Å². The SMILES string of the molecule is O=C(N/N=C\c1ccc(Sc2nc3ccccc3[nH]2)o1)c1cccc(Cl)c1. The summed E-state index contributed by atoms with van der Waals surface area (Å²) in [4.78, 5) is 19.7. The first-order valence-electron chi connectivity index (χ1n) is 7.99. The second-order valence-electron chi connectivity index (χ2n) is 5.53. The van der Waals surface area contributed by atoms with Crippen molar-refractivity contribution < 1.29 is 9.21 Å². The van der Waals surface area contributed by atoms with Gasteiger partial charge in [-0.15, -0.1) is 0 Å². The standard InChI is InChI=1S/C19H13ClN4O2S/c20-13-5-3-4-12(10-13)18(25)24-21-11-14-8-9-17(26-14)27-19-22-15-6-1-2-7-16(15)23-19/h1-11H,(H,22,23)(H,24,25)/b21-11-. The molecule has 0 atom stereocenters. The average molecular weight is 397 g/mol. The van der Waals surface area contributed by atoms with Crippen LogP contribution in [0.3, 0.4) is 0 Å². The van der Waals surface area contributed by atoms with E-state index in [2.05, 4.69) is 20.5 Å². The van der Waals surface area contributed by atoms with Crippen molar-refractivity contribution in [1.82, 2.24) is 15.4 Å². The van der Waals surface area contributed by atoms with Crippen LogP contribution in [0.4, 0.5) is 0 Å².